The summed E-state index contributed by atoms with van der Waals surface area (Å²) in [5.41, 5.74) is 2.53. The van der Waals surface area contributed by atoms with E-state index in [4.69, 9.17) is 4.42 Å². The molecule has 2 amide bonds. The van der Waals surface area contributed by atoms with Gasteiger partial charge in [0.1, 0.15) is 0 Å². The molecule has 0 aliphatic rings. The van der Waals surface area contributed by atoms with Crippen molar-refractivity contribution in [1.29, 1.82) is 0 Å². The fraction of sp³-hybridized carbons (Fsp3) is 0.0476. The third-order valence-electron chi connectivity index (χ3n) is 4.07. The second-order valence-electron chi connectivity index (χ2n) is 6.03. The molecule has 0 aliphatic heterocycles. The Labute approximate surface area is 169 Å². The molecule has 0 saturated heterocycles. The Hall–Kier alpha value is -3.16. The first-order chi connectivity index (χ1) is 13.6. The summed E-state index contributed by atoms with van der Waals surface area (Å²) < 4.78 is 5.09. The number of anilines is 2. The van der Waals surface area contributed by atoms with Gasteiger partial charge in [-0.05, 0) is 48.2 Å². The third-order valence-corrected chi connectivity index (χ3v) is 6.12. The van der Waals surface area contributed by atoms with Crippen LogP contribution < -0.4 is 10.6 Å². The van der Waals surface area contributed by atoms with E-state index in [1.807, 2.05) is 48.7 Å². The topological polar surface area (TPSA) is 71.3 Å². The van der Waals surface area contributed by atoms with Gasteiger partial charge in [0.25, 0.3) is 11.8 Å². The van der Waals surface area contributed by atoms with Gasteiger partial charge < -0.3 is 15.1 Å². The van der Waals surface area contributed by atoms with Crippen molar-refractivity contribution >= 4 is 45.2 Å². The number of amides is 2. The lowest BCUT2D eigenvalue weighted by Gasteiger charge is -2.09. The Morgan fingerprint density at radius 2 is 1.82 bits per heavy atom. The van der Waals surface area contributed by atoms with Gasteiger partial charge in [-0.3, -0.25) is 9.59 Å². The van der Waals surface area contributed by atoms with Crippen LogP contribution in [-0.2, 0) is 0 Å². The van der Waals surface area contributed by atoms with Crippen molar-refractivity contribution in [1.82, 2.24) is 0 Å². The van der Waals surface area contributed by atoms with Gasteiger partial charge in [-0.25, -0.2) is 0 Å². The normalized spacial score (nSPS) is 10.6. The molecular formula is C21H16N2O3S2. The molecule has 28 heavy (non-hydrogen) atoms. The maximum Gasteiger partial charge on any atom is 0.291 e. The molecule has 0 aliphatic carbocycles. The third kappa shape index (κ3) is 3.76. The number of carbonyl (C=O) groups is 2. The maximum absolute atomic E-state index is 12.9. The summed E-state index contributed by atoms with van der Waals surface area (Å²) in [4.78, 5) is 26.6. The van der Waals surface area contributed by atoms with E-state index in [-0.39, 0.29) is 17.6 Å². The smallest absolute Gasteiger partial charge is 0.291 e. The zero-order valence-corrected chi connectivity index (χ0v) is 16.5. The quantitative estimate of drug-likeness (QED) is 0.433. The summed E-state index contributed by atoms with van der Waals surface area (Å²) in [5.74, 6) is -0.326. The standard InChI is InChI=1S/C21H16N2O3S2/c1-13-12-18(23-20(24)16-8-4-10-26-16)28-19(13)21(25)22-15-7-3-2-6-14(15)17-9-5-11-27-17/h2-12H,1H3,(H,22,25)(H,23,24). The molecule has 3 aromatic heterocycles. The molecule has 3 heterocycles. The minimum Gasteiger partial charge on any atom is -0.459 e. The molecule has 7 heteroatoms. The van der Waals surface area contributed by atoms with E-state index in [0.29, 0.717) is 9.88 Å². The minimum absolute atomic E-state index is 0.204. The summed E-state index contributed by atoms with van der Waals surface area (Å²) in [6.07, 6.45) is 1.44. The molecule has 5 nitrogen and oxygen atoms in total. The lowest BCUT2D eigenvalue weighted by molar-refractivity contribution is 0.0995. The van der Waals surface area contributed by atoms with E-state index in [0.717, 1.165) is 21.7 Å². The highest BCUT2D eigenvalue weighted by molar-refractivity contribution is 7.18. The number of benzene rings is 1. The SMILES string of the molecule is Cc1cc(NC(=O)c2ccco2)sc1C(=O)Nc1ccccc1-c1cccs1. The highest BCUT2D eigenvalue weighted by Crippen LogP contribution is 2.33. The van der Waals surface area contributed by atoms with Gasteiger partial charge >= 0.3 is 0 Å². The number of hydrogen-bond acceptors (Lipinski definition) is 5. The van der Waals surface area contributed by atoms with Gasteiger partial charge in [0.2, 0.25) is 0 Å². The van der Waals surface area contributed by atoms with Crippen LogP contribution >= 0.6 is 22.7 Å². The molecule has 0 saturated carbocycles. The summed E-state index contributed by atoms with van der Waals surface area (Å²) in [5, 5.41) is 8.36. The first kappa shape index (κ1) is 18.2. The molecule has 0 bridgehead atoms. The highest BCUT2D eigenvalue weighted by atomic mass is 32.1. The summed E-state index contributed by atoms with van der Waals surface area (Å²) in [6.45, 7) is 1.85. The zero-order valence-electron chi connectivity index (χ0n) is 14.9. The lowest BCUT2D eigenvalue weighted by atomic mass is 10.1. The Kier molecular flexibility index (Phi) is 5.10. The van der Waals surface area contributed by atoms with Crippen LogP contribution in [0.5, 0.6) is 0 Å². The second kappa shape index (κ2) is 7.84. The lowest BCUT2D eigenvalue weighted by Crippen LogP contribution is -2.12. The van der Waals surface area contributed by atoms with Crippen LogP contribution in [0.25, 0.3) is 10.4 Å². The molecular weight excluding hydrogens is 392 g/mol. The van der Waals surface area contributed by atoms with Crippen LogP contribution in [-0.4, -0.2) is 11.8 Å². The predicted octanol–water partition coefficient (Wildman–Crippen LogP) is 5.88. The molecule has 0 unspecified atom stereocenters. The predicted molar refractivity (Wildman–Crippen MR) is 113 cm³/mol. The number of hydrogen-bond donors (Lipinski definition) is 2. The van der Waals surface area contributed by atoms with Crippen molar-refractivity contribution in [3.8, 4) is 10.4 Å². The number of para-hydroxylation sites is 1. The number of rotatable bonds is 5. The largest absolute Gasteiger partial charge is 0.459 e. The van der Waals surface area contributed by atoms with Crippen LogP contribution in [0.4, 0.5) is 10.7 Å². The van der Waals surface area contributed by atoms with Crippen molar-refractivity contribution < 1.29 is 14.0 Å². The zero-order chi connectivity index (χ0) is 19.5. The fourth-order valence-electron chi connectivity index (χ4n) is 2.77. The number of thiophene rings is 2. The van der Waals surface area contributed by atoms with Gasteiger partial charge in [0, 0.05) is 16.1 Å². The van der Waals surface area contributed by atoms with Gasteiger partial charge in [0.05, 0.1) is 16.1 Å². The average Bonchev–Trinajstić information content (AvgIpc) is 3.44. The van der Waals surface area contributed by atoms with Gasteiger partial charge in [-0.2, -0.15) is 0 Å². The number of aryl methyl sites for hydroxylation is 1. The van der Waals surface area contributed by atoms with Crippen molar-refractivity contribution in [2.75, 3.05) is 10.6 Å². The monoisotopic (exact) mass is 408 g/mol. The van der Waals surface area contributed by atoms with Crippen LogP contribution in [0.1, 0.15) is 25.8 Å². The first-order valence-corrected chi connectivity index (χ1v) is 10.2. The fourth-order valence-corrected chi connectivity index (χ4v) is 4.50. The van der Waals surface area contributed by atoms with E-state index in [1.54, 1.807) is 29.5 Å². The van der Waals surface area contributed by atoms with Crippen molar-refractivity contribution in [2.24, 2.45) is 0 Å². The van der Waals surface area contributed by atoms with Crippen molar-refractivity contribution in [3.05, 3.63) is 82.4 Å². The number of furan rings is 1. The van der Waals surface area contributed by atoms with Gasteiger partial charge in [-0.1, -0.05) is 24.3 Å². The van der Waals surface area contributed by atoms with Crippen LogP contribution in [0.2, 0.25) is 0 Å². The molecule has 0 radical (unpaired) electrons. The highest BCUT2D eigenvalue weighted by Gasteiger charge is 2.18. The first-order valence-electron chi connectivity index (χ1n) is 8.51. The minimum atomic E-state index is -0.346. The van der Waals surface area contributed by atoms with E-state index in [9.17, 15) is 9.59 Å². The molecule has 4 rings (SSSR count). The van der Waals surface area contributed by atoms with Crippen molar-refractivity contribution in [2.45, 2.75) is 6.92 Å². The molecule has 0 atom stereocenters. The van der Waals surface area contributed by atoms with Gasteiger partial charge in [0.15, 0.2) is 5.76 Å². The van der Waals surface area contributed by atoms with Crippen LogP contribution in [0.15, 0.2) is 70.7 Å². The van der Waals surface area contributed by atoms with E-state index < -0.39 is 0 Å². The molecule has 4 aromatic rings. The Balaban J connectivity index is 1.54. The summed E-state index contributed by atoms with van der Waals surface area (Å²) in [7, 11) is 0. The van der Waals surface area contributed by atoms with E-state index in [1.165, 1.54) is 17.6 Å². The Bertz CT molecular complexity index is 1110. The molecule has 2 N–H and O–H groups in total. The van der Waals surface area contributed by atoms with E-state index in [2.05, 4.69) is 10.6 Å². The van der Waals surface area contributed by atoms with E-state index >= 15 is 0 Å². The summed E-state index contributed by atoms with van der Waals surface area (Å²) >= 11 is 2.85. The Morgan fingerprint density at radius 1 is 0.964 bits per heavy atom. The van der Waals surface area contributed by atoms with Crippen molar-refractivity contribution in [3.63, 3.8) is 0 Å². The maximum atomic E-state index is 12.9. The van der Waals surface area contributed by atoms with Crippen LogP contribution in [0, 0.1) is 6.92 Å². The second-order valence-corrected chi connectivity index (χ2v) is 8.03. The summed E-state index contributed by atoms with van der Waals surface area (Å²) in [6, 6.07) is 16.7. The Morgan fingerprint density at radius 3 is 2.57 bits per heavy atom. The van der Waals surface area contributed by atoms with Crippen LogP contribution in [0.3, 0.4) is 0 Å². The average molecular weight is 409 g/mol. The van der Waals surface area contributed by atoms with Gasteiger partial charge in [-0.15, -0.1) is 22.7 Å². The molecule has 140 valence electrons. The molecule has 0 fully saturated rings. The number of carbonyl (C=O) groups excluding carboxylic acids is 2. The molecule has 1 aromatic carbocycles. The molecule has 0 spiro atoms. The number of nitrogens with one attached hydrogen (secondary N) is 2.